The van der Waals surface area contributed by atoms with E-state index in [0.29, 0.717) is 23.4 Å². The summed E-state index contributed by atoms with van der Waals surface area (Å²) < 4.78 is 25.9. The molecule has 1 spiro atoms. The molecule has 0 N–H and O–H groups in total. The van der Waals surface area contributed by atoms with Crippen LogP contribution in [0, 0.1) is 11.7 Å². The molecule has 4 rings (SSSR count). The highest BCUT2D eigenvalue weighted by molar-refractivity contribution is 6.08. The summed E-state index contributed by atoms with van der Waals surface area (Å²) in [6.07, 6.45) is 7.02. The Balaban J connectivity index is 1.52. The Morgan fingerprint density at radius 1 is 1.08 bits per heavy atom. The third-order valence-electron chi connectivity index (χ3n) is 7.66. The van der Waals surface area contributed by atoms with E-state index in [9.17, 15) is 14.0 Å². The van der Waals surface area contributed by atoms with Gasteiger partial charge < -0.3 is 9.47 Å². The number of ether oxygens (including phenoxy) is 2. The molecule has 1 fully saturated rings. The predicted octanol–water partition coefficient (Wildman–Crippen LogP) is 7.09. The Bertz CT molecular complexity index is 1190. The molecular formula is C32H41FN2O4. The van der Waals surface area contributed by atoms with Crippen molar-refractivity contribution in [2.24, 2.45) is 10.9 Å². The number of esters is 1. The van der Waals surface area contributed by atoms with E-state index in [2.05, 4.69) is 6.92 Å². The third kappa shape index (κ3) is 6.51. The molecule has 2 aliphatic rings. The van der Waals surface area contributed by atoms with E-state index < -0.39 is 17.6 Å². The molecule has 1 saturated carbocycles. The zero-order chi connectivity index (χ0) is 28.0. The molecule has 1 unspecified atom stereocenters. The van der Waals surface area contributed by atoms with Crippen molar-refractivity contribution in [3.8, 4) is 16.9 Å². The van der Waals surface area contributed by atoms with Gasteiger partial charge in [0, 0.05) is 17.9 Å². The molecule has 1 atom stereocenters. The maximum atomic E-state index is 14.9. The SMILES string of the molecule is CCCCC1=NC2(CCCCC2)C(=O)N1Cc1ccc(-c2cc(OC(C(=O)OCC)C(C)C)ccc2F)cc1. The lowest BCUT2D eigenvalue weighted by Gasteiger charge is -2.29. The van der Waals surface area contributed by atoms with Gasteiger partial charge in [0.25, 0.3) is 5.91 Å². The number of aliphatic imine (C=N–C) groups is 1. The second kappa shape index (κ2) is 12.8. The van der Waals surface area contributed by atoms with Crippen molar-refractivity contribution in [3.63, 3.8) is 0 Å². The van der Waals surface area contributed by atoms with Crippen molar-refractivity contribution in [1.29, 1.82) is 0 Å². The van der Waals surface area contributed by atoms with Gasteiger partial charge in [-0.2, -0.15) is 0 Å². The fraction of sp³-hybridized carbons (Fsp3) is 0.531. The van der Waals surface area contributed by atoms with Crippen LogP contribution in [0.1, 0.15) is 84.6 Å². The van der Waals surface area contributed by atoms with Gasteiger partial charge in [0.2, 0.25) is 0 Å². The maximum Gasteiger partial charge on any atom is 0.347 e. The van der Waals surface area contributed by atoms with Crippen LogP contribution in [-0.2, 0) is 20.9 Å². The van der Waals surface area contributed by atoms with Crippen molar-refractivity contribution in [1.82, 2.24) is 4.90 Å². The number of nitrogens with zero attached hydrogens (tertiary/aromatic N) is 2. The molecule has 0 saturated heterocycles. The molecule has 7 heteroatoms. The van der Waals surface area contributed by atoms with Crippen molar-refractivity contribution < 1.29 is 23.5 Å². The Hall–Kier alpha value is -3.22. The molecule has 6 nitrogen and oxygen atoms in total. The van der Waals surface area contributed by atoms with Gasteiger partial charge in [-0.25, -0.2) is 9.18 Å². The first-order chi connectivity index (χ1) is 18.8. The lowest BCUT2D eigenvalue weighted by Crippen LogP contribution is -2.43. The number of carbonyl (C=O) groups excluding carboxylic acids is 2. The predicted molar refractivity (Wildman–Crippen MR) is 151 cm³/mol. The zero-order valence-electron chi connectivity index (χ0n) is 23.7. The summed E-state index contributed by atoms with van der Waals surface area (Å²) in [5.74, 6) is 0.522. The lowest BCUT2D eigenvalue weighted by atomic mass is 9.82. The summed E-state index contributed by atoms with van der Waals surface area (Å²) in [6.45, 7) is 8.39. The van der Waals surface area contributed by atoms with E-state index in [1.165, 1.54) is 18.6 Å². The summed E-state index contributed by atoms with van der Waals surface area (Å²) in [6, 6.07) is 12.1. The van der Waals surface area contributed by atoms with E-state index in [1.54, 1.807) is 13.0 Å². The second-order valence-corrected chi connectivity index (χ2v) is 11.0. The summed E-state index contributed by atoms with van der Waals surface area (Å²) in [5.41, 5.74) is 1.48. The lowest BCUT2D eigenvalue weighted by molar-refractivity contribution is -0.153. The normalized spacial score (nSPS) is 17.4. The largest absolute Gasteiger partial charge is 0.478 e. The second-order valence-electron chi connectivity index (χ2n) is 11.0. The van der Waals surface area contributed by atoms with Crippen LogP contribution in [0.25, 0.3) is 11.1 Å². The molecule has 1 amide bonds. The summed E-state index contributed by atoms with van der Waals surface area (Å²) >= 11 is 0. The van der Waals surface area contributed by atoms with Gasteiger partial charge in [0.15, 0.2) is 6.10 Å². The first-order valence-corrected chi connectivity index (χ1v) is 14.4. The number of amidine groups is 1. The first kappa shape index (κ1) is 28.8. The fourth-order valence-electron chi connectivity index (χ4n) is 5.47. The Kier molecular flexibility index (Phi) is 9.41. The van der Waals surface area contributed by atoms with Crippen LogP contribution in [0.5, 0.6) is 5.75 Å². The Morgan fingerprint density at radius 2 is 1.79 bits per heavy atom. The highest BCUT2D eigenvalue weighted by atomic mass is 19.1. The van der Waals surface area contributed by atoms with Gasteiger partial charge in [0.1, 0.15) is 22.9 Å². The zero-order valence-corrected chi connectivity index (χ0v) is 23.7. The number of halogens is 1. The highest BCUT2D eigenvalue weighted by Crippen LogP contribution is 2.39. The van der Waals surface area contributed by atoms with Crippen molar-refractivity contribution in [2.75, 3.05) is 6.61 Å². The fourth-order valence-corrected chi connectivity index (χ4v) is 5.47. The minimum absolute atomic E-state index is 0.108. The summed E-state index contributed by atoms with van der Waals surface area (Å²) in [7, 11) is 0. The molecule has 0 radical (unpaired) electrons. The van der Waals surface area contributed by atoms with Crippen LogP contribution >= 0.6 is 0 Å². The topological polar surface area (TPSA) is 68.2 Å². The molecule has 1 heterocycles. The van der Waals surface area contributed by atoms with Crippen molar-refractivity contribution >= 4 is 17.7 Å². The number of carbonyl (C=O) groups is 2. The van der Waals surface area contributed by atoms with E-state index in [4.69, 9.17) is 14.5 Å². The average molecular weight is 537 g/mol. The molecule has 1 aliphatic carbocycles. The van der Waals surface area contributed by atoms with Gasteiger partial charge in [0.05, 0.1) is 13.2 Å². The van der Waals surface area contributed by atoms with Crippen molar-refractivity contribution in [2.45, 2.75) is 97.2 Å². The number of hydrogen-bond acceptors (Lipinski definition) is 5. The van der Waals surface area contributed by atoms with Crippen molar-refractivity contribution in [3.05, 3.63) is 53.8 Å². The molecule has 0 aromatic heterocycles. The van der Waals surface area contributed by atoms with Crippen LogP contribution in [0.3, 0.4) is 0 Å². The van der Waals surface area contributed by atoms with Crippen LogP contribution in [0.15, 0.2) is 47.5 Å². The smallest absolute Gasteiger partial charge is 0.347 e. The molecule has 39 heavy (non-hydrogen) atoms. The van der Waals surface area contributed by atoms with Gasteiger partial charge in [-0.05, 0) is 55.5 Å². The maximum absolute atomic E-state index is 14.9. The quantitative estimate of drug-likeness (QED) is 0.288. The van der Waals surface area contributed by atoms with Gasteiger partial charge >= 0.3 is 5.97 Å². The van der Waals surface area contributed by atoms with Crippen LogP contribution in [-0.4, -0.2) is 40.9 Å². The first-order valence-electron chi connectivity index (χ1n) is 14.4. The van der Waals surface area contributed by atoms with Crippen LogP contribution in [0.4, 0.5) is 4.39 Å². The van der Waals surface area contributed by atoms with E-state index in [-0.39, 0.29) is 24.2 Å². The Labute approximate surface area is 231 Å². The van der Waals surface area contributed by atoms with E-state index in [1.807, 2.05) is 43.0 Å². The molecule has 2 aromatic carbocycles. The van der Waals surface area contributed by atoms with Crippen LogP contribution < -0.4 is 4.74 Å². The third-order valence-corrected chi connectivity index (χ3v) is 7.66. The van der Waals surface area contributed by atoms with Gasteiger partial charge in [-0.1, -0.05) is 70.7 Å². The van der Waals surface area contributed by atoms with Gasteiger partial charge in [-0.3, -0.25) is 14.7 Å². The van der Waals surface area contributed by atoms with E-state index in [0.717, 1.165) is 56.3 Å². The molecule has 210 valence electrons. The standard InChI is InChI=1S/C32H41FN2O4/c1-5-7-11-28-34-32(18-9-8-10-19-32)31(37)35(28)21-23-12-14-24(15-13-23)26-20-25(16-17-27(26)33)39-29(22(3)4)30(36)38-6-2/h12-17,20,22,29H,5-11,18-19,21H2,1-4H3. The highest BCUT2D eigenvalue weighted by Gasteiger charge is 2.48. The molecule has 0 bridgehead atoms. The molecule has 2 aromatic rings. The average Bonchev–Trinajstić information content (AvgIpc) is 3.17. The van der Waals surface area contributed by atoms with E-state index >= 15 is 0 Å². The number of rotatable bonds is 11. The summed E-state index contributed by atoms with van der Waals surface area (Å²) in [4.78, 5) is 32.8. The summed E-state index contributed by atoms with van der Waals surface area (Å²) in [5, 5.41) is 0. The molecular weight excluding hydrogens is 495 g/mol. The minimum Gasteiger partial charge on any atom is -0.478 e. The minimum atomic E-state index is -0.778. The molecule has 1 aliphatic heterocycles. The number of hydrogen-bond donors (Lipinski definition) is 0. The number of amides is 1. The number of unbranched alkanes of at least 4 members (excludes halogenated alkanes) is 1. The monoisotopic (exact) mass is 536 g/mol. The number of benzene rings is 2. The van der Waals surface area contributed by atoms with Gasteiger partial charge in [-0.15, -0.1) is 0 Å². The van der Waals surface area contributed by atoms with Crippen LogP contribution in [0.2, 0.25) is 0 Å². The Morgan fingerprint density at radius 3 is 2.44 bits per heavy atom.